The van der Waals surface area contributed by atoms with E-state index in [0.717, 1.165) is 40.1 Å². The molecule has 2 aliphatic heterocycles. The number of nitrogens with one attached hydrogen (secondary N) is 2. The molecule has 1 amide bonds. The maximum absolute atomic E-state index is 12.4. The first-order valence-electron chi connectivity index (χ1n) is 9.22. The Bertz CT molecular complexity index is 1100. The van der Waals surface area contributed by atoms with E-state index in [2.05, 4.69) is 21.4 Å². The van der Waals surface area contributed by atoms with Gasteiger partial charge in [-0.05, 0) is 38.5 Å². The zero-order chi connectivity index (χ0) is 18.5. The second-order valence-electron chi connectivity index (χ2n) is 7.19. The van der Waals surface area contributed by atoms with Crippen molar-refractivity contribution in [2.24, 2.45) is 0 Å². The van der Waals surface area contributed by atoms with Crippen LogP contribution < -0.4 is 10.1 Å². The summed E-state index contributed by atoms with van der Waals surface area (Å²) in [5, 5.41) is 3.00. The smallest absolute Gasteiger partial charge is 0.253 e. The predicted molar refractivity (Wildman–Crippen MR) is 103 cm³/mol. The highest BCUT2D eigenvalue weighted by atomic mass is 16.5. The fraction of sp³-hybridized carbons (Fsp3) is 0.286. The fourth-order valence-corrected chi connectivity index (χ4v) is 3.87. The van der Waals surface area contributed by atoms with Crippen LogP contribution in [0.5, 0.6) is 5.88 Å². The SMILES string of the molecule is Cc1nc2cccc3c2nc1O[C@H](C)/C=C/C[C@H]1CNC(=O)c2cc-3[nH]c21. The van der Waals surface area contributed by atoms with Gasteiger partial charge in [-0.2, -0.15) is 0 Å². The second kappa shape index (κ2) is 5.94. The van der Waals surface area contributed by atoms with Gasteiger partial charge in [-0.25, -0.2) is 9.97 Å². The molecular formula is C21H20N4O2. The number of carbonyl (C=O) groups excluding carboxylic acids is 1. The lowest BCUT2D eigenvalue weighted by Gasteiger charge is -2.22. The van der Waals surface area contributed by atoms with E-state index in [9.17, 15) is 4.79 Å². The van der Waals surface area contributed by atoms with Crippen molar-refractivity contribution >= 4 is 16.9 Å². The van der Waals surface area contributed by atoms with Crippen molar-refractivity contribution in [3.8, 4) is 17.1 Å². The van der Waals surface area contributed by atoms with Gasteiger partial charge in [0.25, 0.3) is 5.91 Å². The molecule has 0 fully saturated rings. The summed E-state index contributed by atoms with van der Waals surface area (Å²) in [5.41, 5.74) is 5.85. The lowest BCUT2D eigenvalue weighted by Crippen LogP contribution is -2.34. The highest BCUT2D eigenvalue weighted by Crippen LogP contribution is 2.34. The number of carbonyl (C=O) groups is 1. The molecule has 1 aromatic carbocycles. The number of H-pyrrole nitrogens is 1. The minimum atomic E-state index is -0.112. The number of aromatic nitrogens is 3. The molecule has 0 unspecified atom stereocenters. The Balaban J connectivity index is 1.80. The minimum absolute atomic E-state index is 0.0284. The molecule has 0 saturated heterocycles. The molecular weight excluding hydrogens is 340 g/mol. The molecule has 2 aromatic heterocycles. The number of aryl methyl sites for hydroxylation is 1. The molecule has 0 spiro atoms. The van der Waals surface area contributed by atoms with Gasteiger partial charge in [-0.3, -0.25) is 4.79 Å². The minimum Gasteiger partial charge on any atom is -0.469 e. The number of hydrogen-bond donors (Lipinski definition) is 2. The number of allylic oxidation sites excluding steroid dienone is 1. The van der Waals surface area contributed by atoms with Gasteiger partial charge in [0.2, 0.25) is 5.88 Å². The maximum Gasteiger partial charge on any atom is 0.253 e. The summed E-state index contributed by atoms with van der Waals surface area (Å²) >= 11 is 0. The van der Waals surface area contributed by atoms with Crippen LogP contribution in [0.25, 0.3) is 22.3 Å². The van der Waals surface area contributed by atoms with E-state index >= 15 is 0 Å². The lowest BCUT2D eigenvalue weighted by molar-refractivity contribution is 0.0940. The van der Waals surface area contributed by atoms with Crippen molar-refractivity contribution in [3.63, 3.8) is 0 Å². The van der Waals surface area contributed by atoms with Gasteiger partial charge in [0.15, 0.2) is 0 Å². The monoisotopic (exact) mass is 360 g/mol. The van der Waals surface area contributed by atoms with Crippen LogP contribution in [-0.2, 0) is 0 Å². The third-order valence-electron chi connectivity index (χ3n) is 5.25. The van der Waals surface area contributed by atoms with Crippen LogP contribution in [0.2, 0.25) is 0 Å². The zero-order valence-electron chi connectivity index (χ0n) is 15.2. The molecule has 3 aromatic rings. The number of aromatic amines is 1. The van der Waals surface area contributed by atoms with Crippen LogP contribution >= 0.6 is 0 Å². The normalized spacial score (nSPS) is 22.4. The van der Waals surface area contributed by atoms with E-state index in [0.29, 0.717) is 18.0 Å². The number of amides is 1. The number of rotatable bonds is 0. The van der Waals surface area contributed by atoms with Crippen LogP contribution in [0, 0.1) is 6.92 Å². The van der Waals surface area contributed by atoms with Crippen LogP contribution in [0.15, 0.2) is 36.4 Å². The standard InChI is InChI=1S/C21H20N4O2/c1-11-5-3-6-13-10-22-20(26)15-9-17(24-18(13)15)14-7-4-8-16-19(14)25-21(27-11)12(2)23-16/h3-5,7-9,11,13,24H,6,10H2,1-2H3,(H,22,26)/b5-3+/t11-,13+/m1/s1. The molecule has 6 nitrogen and oxygen atoms in total. The highest BCUT2D eigenvalue weighted by Gasteiger charge is 2.28. The van der Waals surface area contributed by atoms with Crippen molar-refractivity contribution < 1.29 is 9.53 Å². The molecule has 136 valence electrons. The van der Waals surface area contributed by atoms with Crippen molar-refractivity contribution in [1.82, 2.24) is 20.3 Å². The summed E-state index contributed by atoms with van der Waals surface area (Å²) in [5.74, 6) is 0.727. The molecule has 4 bridgehead atoms. The van der Waals surface area contributed by atoms with E-state index in [-0.39, 0.29) is 17.9 Å². The fourth-order valence-electron chi connectivity index (χ4n) is 3.87. The molecule has 0 radical (unpaired) electrons. The summed E-state index contributed by atoms with van der Waals surface area (Å²) in [4.78, 5) is 25.3. The number of hydrogen-bond acceptors (Lipinski definition) is 4. The molecule has 5 rings (SSSR count). The Labute approximate surface area is 156 Å². The molecule has 2 aliphatic rings. The number of para-hydroxylation sites is 1. The Kier molecular flexibility index (Phi) is 3.53. The molecule has 27 heavy (non-hydrogen) atoms. The van der Waals surface area contributed by atoms with E-state index in [4.69, 9.17) is 9.72 Å². The van der Waals surface area contributed by atoms with Gasteiger partial charge < -0.3 is 15.0 Å². The van der Waals surface area contributed by atoms with Gasteiger partial charge >= 0.3 is 0 Å². The van der Waals surface area contributed by atoms with E-state index in [1.54, 1.807) is 0 Å². The van der Waals surface area contributed by atoms with Crippen molar-refractivity contribution in [2.45, 2.75) is 32.3 Å². The van der Waals surface area contributed by atoms with Crippen LogP contribution in [0.1, 0.15) is 41.0 Å². The van der Waals surface area contributed by atoms with Crippen LogP contribution in [0.4, 0.5) is 0 Å². The quantitative estimate of drug-likeness (QED) is 0.602. The molecule has 0 aliphatic carbocycles. The Hall–Kier alpha value is -3.15. The topological polar surface area (TPSA) is 79.9 Å². The zero-order valence-corrected chi connectivity index (χ0v) is 15.2. The van der Waals surface area contributed by atoms with Gasteiger partial charge in [-0.1, -0.05) is 18.2 Å². The van der Waals surface area contributed by atoms with Gasteiger partial charge in [0.1, 0.15) is 17.3 Å². The average Bonchev–Trinajstić information content (AvgIpc) is 3.09. The predicted octanol–water partition coefficient (Wildman–Crippen LogP) is 3.49. The first-order chi connectivity index (χ1) is 13.1. The van der Waals surface area contributed by atoms with E-state index in [1.165, 1.54) is 0 Å². The van der Waals surface area contributed by atoms with E-state index < -0.39 is 0 Å². The largest absolute Gasteiger partial charge is 0.469 e. The summed E-state index contributed by atoms with van der Waals surface area (Å²) in [7, 11) is 0. The number of nitrogens with zero attached hydrogens (tertiary/aromatic N) is 2. The Morgan fingerprint density at radius 3 is 3.00 bits per heavy atom. The van der Waals surface area contributed by atoms with Crippen molar-refractivity contribution in [1.29, 1.82) is 0 Å². The highest BCUT2D eigenvalue weighted by molar-refractivity contribution is 6.00. The molecule has 6 heteroatoms. The number of fused-ring (bicyclic) bond motifs is 3. The average molecular weight is 360 g/mol. The first-order valence-corrected chi connectivity index (χ1v) is 9.22. The van der Waals surface area contributed by atoms with Crippen molar-refractivity contribution in [2.75, 3.05) is 6.54 Å². The summed E-state index contributed by atoms with van der Waals surface area (Å²) in [6.07, 6.45) is 4.87. The first kappa shape index (κ1) is 16.1. The maximum atomic E-state index is 12.4. The number of ether oxygens (including phenoxy) is 1. The van der Waals surface area contributed by atoms with E-state index in [1.807, 2.05) is 44.2 Å². The van der Waals surface area contributed by atoms with Gasteiger partial charge in [-0.15, -0.1) is 0 Å². The number of benzene rings is 1. The Morgan fingerprint density at radius 2 is 2.11 bits per heavy atom. The molecule has 2 atom stereocenters. The molecule has 4 heterocycles. The lowest BCUT2D eigenvalue weighted by atomic mass is 9.94. The van der Waals surface area contributed by atoms with Gasteiger partial charge in [0, 0.05) is 29.4 Å². The second-order valence-corrected chi connectivity index (χ2v) is 7.19. The summed E-state index contributed by atoms with van der Waals surface area (Å²) in [6, 6.07) is 7.84. The third-order valence-corrected chi connectivity index (χ3v) is 5.25. The summed E-state index contributed by atoms with van der Waals surface area (Å²) < 4.78 is 6.04. The van der Waals surface area contributed by atoms with Crippen LogP contribution in [-0.4, -0.2) is 33.5 Å². The van der Waals surface area contributed by atoms with Crippen molar-refractivity contribution in [3.05, 3.63) is 53.4 Å². The van der Waals surface area contributed by atoms with Gasteiger partial charge in [0.05, 0.1) is 11.1 Å². The molecule has 2 N–H and O–H groups in total. The third kappa shape index (κ3) is 2.60. The molecule has 0 saturated carbocycles. The Morgan fingerprint density at radius 1 is 1.22 bits per heavy atom. The van der Waals surface area contributed by atoms with Crippen LogP contribution in [0.3, 0.4) is 0 Å². The summed E-state index contributed by atoms with van der Waals surface area (Å²) in [6.45, 7) is 4.53.